The quantitative estimate of drug-likeness (QED) is 0.734. The maximum Gasteiger partial charge on any atom is 0.338 e. The lowest BCUT2D eigenvalue weighted by molar-refractivity contribution is 0.0696. The van der Waals surface area contributed by atoms with E-state index in [0.29, 0.717) is 12.5 Å². The standard InChI is InChI=1S/C10H13N3O2/c1-3-5-13(4-2)10-11-6-8(7-12-10)9(14)15/h3,6-7H,1,4-5H2,2H3,(H,14,15). The number of aromatic carboxylic acids is 1. The van der Waals surface area contributed by atoms with Crippen LogP contribution in [0.15, 0.2) is 25.0 Å². The molecule has 1 N–H and O–H groups in total. The van der Waals surface area contributed by atoms with Crippen molar-refractivity contribution in [1.29, 1.82) is 0 Å². The maximum atomic E-state index is 10.6. The first-order chi connectivity index (χ1) is 7.19. The fourth-order valence-electron chi connectivity index (χ4n) is 1.10. The van der Waals surface area contributed by atoms with Gasteiger partial charge in [0.25, 0.3) is 0 Å². The van der Waals surface area contributed by atoms with Crippen molar-refractivity contribution in [2.24, 2.45) is 0 Å². The van der Waals surface area contributed by atoms with E-state index in [1.807, 2.05) is 11.8 Å². The Kier molecular flexibility index (Phi) is 3.79. The third-order valence-corrected chi connectivity index (χ3v) is 1.90. The van der Waals surface area contributed by atoms with E-state index in [1.165, 1.54) is 12.4 Å². The third-order valence-electron chi connectivity index (χ3n) is 1.90. The molecule has 1 aromatic heterocycles. The van der Waals surface area contributed by atoms with Crippen LogP contribution in [-0.4, -0.2) is 34.1 Å². The Balaban J connectivity index is 2.86. The van der Waals surface area contributed by atoms with Crippen LogP contribution >= 0.6 is 0 Å². The van der Waals surface area contributed by atoms with E-state index in [0.717, 1.165) is 6.54 Å². The first-order valence-electron chi connectivity index (χ1n) is 4.60. The van der Waals surface area contributed by atoms with Gasteiger partial charge in [-0.3, -0.25) is 0 Å². The summed E-state index contributed by atoms with van der Waals surface area (Å²) in [5.41, 5.74) is 0.0911. The Morgan fingerprint density at radius 3 is 2.60 bits per heavy atom. The van der Waals surface area contributed by atoms with Crippen molar-refractivity contribution in [1.82, 2.24) is 9.97 Å². The van der Waals surface area contributed by atoms with Crippen LogP contribution in [0.2, 0.25) is 0 Å². The second-order valence-electron chi connectivity index (χ2n) is 2.90. The van der Waals surface area contributed by atoms with Gasteiger partial charge in [-0.1, -0.05) is 6.08 Å². The predicted octanol–water partition coefficient (Wildman–Crippen LogP) is 1.19. The summed E-state index contributed by atoms with van der Waals surface area (Å²) in [6.45, 7) is 6.99. The number of hydrogen-bond acceptors (Lipinski definition) is 4. The highest BCUT2D eigenvalue weighted by Gasteiger charge is 2.07. The van der Waals surface area contributed by atoms with Gasteiger partial charge in [0.15, 0.2) is 0 Å². The van der Waals surface area contributed by atoms with Gasteiger partial charge in [0, 0.05) is 25.5 Å². The molecule has 1 heterocycles. The fraction of sp³-hybridized carbons (Fsp3) is 0.300. The van der Waals surface area contributed by atoms with Crippen LogP contribution in [0.5, 0.6) is 0 Å². The van der Waals surface area contributed by atoms with E-state index in [1.54, 1.807) is 6.08 Å². The molecule has 0 atom stereocenters. The molecule has 1 aromatic rings. The molecule has 0 saturated heterocycles. The molecule has 0 radical (unpaired) electrons. The summed E-state index contributed by atoms with van der Waals surface area (Å²) in [7, 11) is 0. The normalized spacial score (nSPS) is 9.67. The monoisotopic (exact) mass is 207 g/mol. The van der Waals surface area contributed by atoms with Crippen LogP contribution in [0.1, 0.15) is 17.3 Å². The molecule has 0 fully saturated rings. The zero-order valence-corrected chi connectivity index (χ0v) is 8.55. The van der Waals surface area contributed by atoms with Crippen molar-refractivity contribution in [3.8, 4) is 0 Å². The number of aromatic nitrogens is 2. The molecule has 1 rings (SSSR count). The van der Waals surface area contributed by atoms with Gasteiger partial charge in [-0.2, -0.15) is 0 Å². The molecular weight excluding hydrogens is 194 g/mol. The number of nitrogens with zero attached hydrogens (tertiary/aromatic N) is 3. The third kappa shape index (κ3) is 2.77. The van der Waals surface area contributed by atoms with Gasteiger partial charge in [0.1, 0.15) is 0 Å². The Hall–Kier alpha value is -1.91. The van der Waals surface area contributed by atoms with Crippen LogP contribution < -0.4 is 4.90 Å². The molecule has 0 amide bonds. The summed E-state index contributed by atoms with van der Waals surface area (Å²) in [5, 5.41) is 8.67. The number of hydrogen-bond donors (Lipinski definition) is 1. The first kappa shape index (κ1) is 11.2. The van der Waals surface area contributed by atoms with Crippen LogP contribution in [0.25, 0.3) is 0 Å². The summed E-state index contributed by atoms with van der Waals surface area (Å²) in [6, 6.07) is 0. The number of carboxylic acid groups (broad SMARTS) is 1. The van der Waals surface area contributed by atoms with Crippen LogP contribution in [0.4, 0.5) is 5.95 Å². The lowest BCUT2D eigenvalue weighted by Crippen LogP contribution is -2.24. The Labute approximate surface area is 88.1 Å². The zero-order valence-electron chi connectivity index (χ0n) is 8.55. The van der Waals surface area contributed by atoms with E-state index >= 15 is 0 Å². The molecule has 0 aliphatic heterocycles. The summed E-state index contributed by atoms with van der Waals surface area (Å²) in [4.78, 5) is 20.4. The number of rotatable bonds is 5. The van der Waals surface area contributed by atoms with Crippen molar-refractivity contribution in [2.45, 2.75) is 6.92 Å². The minimum Gasteiger partial charge on any atom is -0.478 e. The van der Waals surface area contributed by atoms with Gasteiger partial charge in [-0.25, -0.2) is 14.8 Å². The fourth-order valence-corrected chi connectivity index (χ4v) is 1.10. The number of anilines is 1. The number of carbonyl (C=O) groups is 1. The van der Waals surface area contributed by atoms with E-state index in [9.17, 15) is 4.79 Å². The van der Waals surface area contributed by atoms with Crippen molar-refractivity contribution < 1.29 is 9.90 Å². The summed E-state index contributed by atoms with van der Waals surface area (Å²) >= 11 is 0. The van der Waals surface area contributed by atoms with Crippen molar-refractivity contribution >= 4 is 11.9 Å². The molecule has 5 heteroatoms. The molecule has 0 spiro atoms. The van der Waals surface area contributed by atoms with Crippen LogP contribution in [-0.2, 0) is 0 Å². The number of carboxylic acids is 1. The van der Waals surface area contributed by atoms with Crippen molar-refractivity contribution in [2.75, 3.05) is 18.0 Å². The molecule has 15 heavy (non-hydrogen) atoms. The minimum absolute atomic E-state index is 0.0911. The smallest absolute Gasteiger partial charge is 0.338 e. The van der Waals surface area contributed by atoms with E-state index in [2.05, 4.69) is 16.5 Å². The van der Waals surface area contributed by atoms with Gasteiger partial charge in [0.2, 0.25) is 5.95 Å². The zero-order chi connectivity index (χ0) is 11.3. The molecule has 0 unspecified atom stereocenters. The Bertz CT molecular complexity index is 348. The molecule has 0 saturated carbocycles. The first-order valence-corrected chi connectivity index (χ1v) is 4.60. The average molecular weight is 207 g/mol. The largest absolute Gasteiger partial charge is 0.478 e. The molecule has 0 aliphatic rings. The molecule has 0 aromatic carbocycles. The molecular formula is C10H13N3O2. The van der Waals surface area contributed by atoms with E-state index in [-0.39, 0.29) is 5.56 Å². The van der Waals surface area contributed by atoms with Crippen molar-refractivity contribution in [3.05, 3.63) is 30.6 Å². The van der Waals surface area contributed by atoms with E-state index in [4.69, 9.17) is 5.11 Å². The highest BCUT2D eigenvalue weighted by Crippen LogP contribution is 2.06. The molecule has 0 aliphatic carbocycles. The Morgan fingerprint density at radius 2 is 2.20 bits per heavy atom. The summed E-state index contributed by atoms with van der Waals surface area (Å²) < 4.78 is 0. The van der Waals surface area contributed by atoms with E-state index < -0.39 is 5.97 Å². The molecule has 0 bridgehead atoms. The SMILES string of the molecule is C=CCN(CC)c1ncc(C(=O)O)cn1. The lowest BCUT2D eigenvalue weighted by Gasteiger charge is -2.18. The minimum atomic E-state index is -1.02. The van der Waals surface area contributed by atoms with Crippen LogP contribution in [0, 0.1) is 0 Å². The highest BCUT2D eigenvalue weighted by atomic mass is 16.4. The average Bonchev–Trinajstić information content (AvgIpc) is 2.26. The van der Waals surface area contributed by atoms with Gasteiger partial charge in [-0.15, -0.1) is 6.58 Å². The highest BCUT2D eigenvalue weighted by molar-refractivity contribution is 5.86. The Morgan fingerprint density at radius 1 is 1.60 bits per heavy atom. The maximum absolute atomic E-state index is 10.6. The van der Waals surface area contributed by atoms with Crippen molar-refractivity contribution in [3.63, 3.8) is 0 Å². The van der Waals surface area contributed by atoms with Gasteiger partial charge in [-0.05, 0) is 6.92 Å². The van der Waals surface area contributed by atoms with Gasteiger partial charge < -0.3 is 10.0 Å². The summed E-state index contributed by atoms with van der Waals surface area (Å²) in [6.07, 6.45) is 4.35. The molecule has 80 valence electrons. The number of likely N-dealkylation sites (N-methyl/N-ethyl adjacent to an activating group) is 1. The lowest BCUT2D eigenvalue weighted by atomic mass is 10.3. The second kappa shape index (κ2) is 5.09. The second-order valence-corrected chi connectivity index (χ2v) is 2.90. The van der Waals surface area contributed by atoms with Crippen LogP contribution in [0.3, 0.4) is 0 Å². The van der Waals surface area contributed by atoms with Gasteiger partial charge >= 0.3 is 5.97 Å². The molecule has 5 nitrogen and oxygen atoms in total. The topological polar surface area (TPSA) is 66.3 Å². The van der Waals surface area contributed by atoms with Gasteiger partial charge in [0.05, 0.1) is 5.56 Å². The predicted molar refractivity (Wildman–Crippen MR) is 57.1 cm³/mol. The summed E-state index contributed by atoms with van der Waals surface area (Å²) in [5.74, 6) is -0.504.